The van der Waals surface area contributed by atoms with Crippen molar-refractivity contribution >= 4 is 11.9 Å². The summed E-state index contributed by atoms with van der Waals surface area (Å²) in [7, 11) is 0. The molecule has 1 aliphatic rings. The fraction of sp³-hybridized carbons (Fsp3) is 0.429. The maximum Gasteiger partial charge on any atom is 0.326 e. The van der Waals surface area contributed by atoms with Crippen LogP contribution in [0.1, 0.15) is 19.4 Å². The second-order valence-electron chi connectivity index (χ2n) is 5.22. The van der Waals surface area contributed by atoms with Crippen molar-refractivity contribution in [2.75, 3.05) is 6.54 Å². The van der Waals surface area contributed by atoms with Gasteiger partial charge in [0.1, 0.15) is 6.04 Å². The topological polar surface area (TPSA) is 69.6 Å². The van der Waals surface area contributed by atoms with Gasteiger partial charge in [-0.2, -0.15) is 0 Å². The van der Waals surface area contributed by atoms with Gasteiger partial charge in [0.2, 0.25) is 5.91 Å². The Bertz CT molecular complexity index is 485. The SMILES string of the molecule is CC1(C)NCC(=O)N1C(Cc1ccccc1)C(=O)O. The number of benzene rings is 1. The molecule has 0 spiro atoms. The van der Waals surface area contributed by atoms with Crippen molar-refractivity contribution < 1.29 is 14.7 Å². The van der Waals surface area contributed by atoms with E-state index in [0.717, 1.165) is 5.56 Å². The molecule has 0 radical (unpaired) electrons. The summed E-state index contributed by atoms with van der Waals surface area (Å²) >= 11 is 0. The summed E-state index contributed by atoms with van der Waals surface area (Å²) in [6.45, 7) is 3.82. The standard InChI is InChI=1S/C14H18N2O3/c1-14(2)15-9-12(17)16(14)11(13(18)19)8-10-6-4-3-5-7-10/h3-7,11,15H,8-9H2,1-2H3,(H,18,19). The van der Waals surface area contributed by atoms with Gasteiger partial charge in [0, 0.05) is 6.42 Å². The Labute approximate surface area is 112 Å². The molecule has 0 aromatic heterocycles. The van der Waals surface area contributed by atoms with Gasteiger partial charge in [-0.1, -0.05) is 30.3 Å². The number of rotatable bonds is 4. The number of carboxylic acid groups (broad SMARTS) is 1. The van der Waals surface area contributed by atoms with E-state index in [1.807, 2.05) is 44.2 Å². The minimum Gasteiger partial charge on any atom is -0.480 e. The molecule has 1 aliphatic heterocycles. The summed E-state index contributed by atoms with van der Waals surface area (Å²) in [6.07, 6.45) is 0.313. The largest absolute Gasteiger partial charge is 0.480 e. The molecule has 102 valence electrons. The Hall–Kier alpha value is -1.88. The molecule has 0 aliphatic carbocycles. The van der Waals surface area contributed by atoms with Crippen molar-refractivity contribution in [1.29, 1.82) is 0 Å². The van der Waals surface area contributed by atoms with Crippen molar-refractivity contribution in [3.63, 3.8) is 0 Å². The molecule has 1 heterocycles. The van der Waals surface area contributed by atoms with Gasteiger partial charge in [0.05, 0.1) is 12.2 Å². The maximum absolute atomic E-state index is 11.9. The molecule has 2 N–H and O–H groups in total. The highest BCUT2D eigenvalue weighted by Crippen LogP contribution is 2.22. The van der Waals surface area contributed by atoms with E-state index >= 15 is 0 Å². The highest BCUT2D eigenvalue weighted by atomic mass is 16.4. The summed E-state index contributed by atoms with van der Waals surface area (Å²) in [5.41, 5.74) is 0.278. The summed E-state index contributed by atoms with van der Waals surface area (Å²) in [5.74, 6) is -1.15. The van der Waals surface area contributed by atoms with Crippen LogP contribution in [0.4, 0.5) is 0 Å². The predicted octanol–water partition coefficient (Wildman–Crippen LogP) is 0.850. The average Bonchev–Trinajstić information content (AvgIpc) is 2.62. The van der Waals surface area contributed by atoms with E-state index in [0.29, 0.717) is 6.42 Å². The van der Waals surface area contributed by atoms with E-state index in [-0.39, 0.29) is 12.5 Å². The van der Waals surface area contributed by atoms with Crippen LogP contribution in [-0.2, 0) is 16.0 Å². The van der Waals surface area contributed by atoms with Gasteiger partial charge in [-0.25, -0.2) is 4.79 Å². The minimum absolute atomic E-state index is 0.173. The van der Waals surface area contributed by atoms with E-state index in [2.05, 4.69) is 5.32 Å². The molecule has 1 saturated heterocycles. The van der Waals surface area contributed by atoms with E-state index in [4.69, 9.17) is 0 Å². The second-order valence-corrected chi connectivity index (χ2v) is 5.22. The minimum atomic E-state index is -0.978. The zero-order chi connectivity index (χ0) is 14.0. The number of nitrogens with one attached hydrogen (secondary N) is 1. The number of aliphatic carboxylic acids is 1. The van der Waals surface area contributed by atoms with Gasteiger partial charge in [-0.05, 0) is 19.4 Å². The lowest BCUT2D eigenvalue weighted by atomic mass is 10.0. The third-order valence-corrected chi connectivity index (χ3v) is 3.41. The third kappa shape index (κ3) is 2.76. The molecular weight excluding hydrogens is 244 g/mol. The first-order valence-electron chi connectivity index (χ1n) is 6.26. The molecule has 1 aromatic carbocycles. The molecule has 1 fully saturated rings. The molecule has 1 unspecified atom stereocenters. The highest BCUT2D eigenvalue weighted by molar-refractivity contribution is 5.87. The van der Waals surface area contributed by atoms with E-state index in [1.165, 1.54) is 4.90 Å². The number of amides is 1. The van der Waals surface area contributed by atoms with Gasteiger partial charge < -0.3 is 10.0 Å². The van der Waals surface area contributed by atoms with Gasteiger partial charge >= 0.3 is 5.97 Å². The normalized spacial score (nSPS) is 19.5. The Morgan fingerprint density at radius 1 is 1.42 bits per heavy atom. The van der Waals surface area contributed by atoms with Crippen LogP contribution in [0.15, 0.2) is 30.3 Å². The van der Waals surface area contributed by atoms with Crippen molar-refractivity contribution in [2.45, 2.75) is 32.0 Å². The number of carbonyl (C=O) groups is 2. The van der Waals surface area contributed by atoms with Crippen LogP contribution >= 0.6 is 0 Å². The molecular formula is C14H18N2O3. The predicted molar refractivity (Wildman–Crippen MR) is 70.5 cm³/mol. The van der Waals surface area contributed by atoms with Crippen molar-refractivity contribution in [3.05, 3.63) is 35.9 Å². The van der Waals surface area contributed by atoms with Crippen LogP contribution in [-0.4, -0.2) is 40.1 Å². The van der Waals surface area contributed by atoms with Crippen LogP contribution in [0.2, 0.25) is 0 Å². The molecule has 0 bridgehead atoms. The summed E-state index contributed by atoms with van der Waals surface area (Å²) in [5, 5.41) is 12.5. The first-order chi connectivity index (χ1) is 8.92. The monoisotopic (exact) mass is 262 g/mol. The number of hydrogen-bond donors (Lipinski definition) is 2. The Kier molecular flexibility index (Phi) is 3.57. The first-order valence-corrected chi connectivity index (χ1v) is 6.26. The van der Waals surface area contributed by atoms with E-state index < -0.39 is 17.7 Å². The summed E-state index contributed by atoms with van der Waals surface area (Å²) < 4.78 is 0. The van der Waals surface area contributed by atoms with Crippen LogP contribution < -0.4 is 5.32 Å². The fourth-order valence-electron chi connectivity index (χ4n) is 2.46. The number of carbonyl (C=O) groups excluding carboxylic acids is 1. The Balaban J connectivity index is 2.26. The highest BCUT2D eigenvalue weighted by Gasteiger charge is 2.44. The quantitative estimate of drug-likeness (QED) is 0.844. The van der Waals surface area contributed by atoms with Crippen LogP contribution in [0.3, 0.4) is 0 Å². The molecule has 0 saturated carbocycles. The summed E-state index contributed by atoms with van der Waals surface area (Å²) in [6, 6.07) is 8.51. The fourth-order valence-corrected chi connectivity index (χ4v) is 2.46. The lowest BCUT2D eigenvalue weighted by Crippen LogP contribution is -2.55. The van der Waals surface area contributed by atoms with Crippen molar-refractivity contribution in [1.82, 2.24) is 10.2 Å². The molecule has 19 heavy (non-hydrogen) atoms. The van der Waals surface area contributed by atoms with Crippen molar-refractivity contribution in [3.8, 4) is 0 Å². The first kappa shape index (κ1) is 13.5. The molecule has 5 heteroatoms. The van der Waals surface area contributed by atoms with Crippen LogP contribution in [0.25, 0.3) is 0 Å². The zero-order valence-electron chi connectivity index (χ0n) is 11.1. The zero-order valence-corrected chi connectivity index (χ0v) is 11.1. The van der Waals surface area contributed by atoms with Gasteiger partial charge in [0.25, 0.3) is 0 Å². The Morgan fingerprint density at radius 2 is 2.05 bits per heavy atom. The smallest absolute Gasteiger partial charge is 0.326 e. The molecule has 2 rings (SSSR count). The maximum atomic E-state index is 11.9. The van der Waals surface area contributed by atoms with E-state index in [9.17, 15) is 14.7 Å². The lowest BCUT2D eigenvalue weighted by Gasteiger charge is -2.36. The second kappa shape index (κ2) is 5.01. The number of nitrogens with zero attached hydrogens (tertiary/aromatic N) is 1. The molecule has 1 amide bonds. The van der Waals surface area contributed by atoms with Crippen LogP contribution in [0.5, 0.6) is 0 Å². The summed E-state index contributed by atoms with van der Waals surface area (Å²) in [4.78, 5) is 24.9. The Morgan fingerprint density at radius 3 is 2.53 bits per heavy atom. The van der Waals surface area contributed by atoms with Crippen LogP contribution in [0, 0.1) is 0 Å². The average molecular weight is 262 g/mol. The van der Waals surface area contributed by atoms with Gasteiger partial charge in [-0.3, -0.25) is 10.1 Å². The van der Waals surface area contributed by atoms with Gasteiger partial charge in [-0.15, -0.1) is 0 Å². The third-order valence-electron chi connectivity index (χ3n) is 3.41. The van der Waals surface area contributed by atoms with Crippen molar-refractivity contribution in [2.24, 2.45) is 0 Å². The number of carboxylic acids is 1. The lowest BCUT2D eigenvalue weighted by molar-refractivity contribution is -0.151. The molecule has 1 atom stereocenters. The molecule has 5 nitrogen and oxygen atoms in total. The van der Waals surface area contributed by atoms with Gasteiger partial charge in [0.15, 0.2) is 0 Å². The van der Waals surface area contributed by atoms with E-state index in [1.54, 1.807) is 0 Å². The number of hydrogen-bond acceptors (Lipinski definition) is 3. The molecule has 1 aromatic rings.